The topological polar surface area (TPSA) is 17.8 Å². The van der Waals surface area contributed by atoms with Gasteiger partial charge in [0, 0.05) is 24.9 Å². The third kappa shape index (κ3) is 1.62. The van der Waals surface area contributed by atoms with E-state index in [1.54, 1.807) is 0 Å². The van der Waals surface area contributed by atoms with Gasteiger partial charge in [-0.05, 0) is 30.7 Å². The number of rotatable bonds is 1. The molecule has 0 aliphatic heterocycles. The summed E-state index contributed by atoms with van der Waals surface area (Å²) in [7, 11) is 2.04. The molecule has 13 heavy (non-hydrogen) atoms. The number of hydrogen-bond donors (Lipinski definition) is 0. The van der Waals surface area contributed by atoms with E-state index in [2.05, 4.69) is 25.0 Å². The Hall–Kier alpha value is -0.790. The summed E-state index contributed by atoms with van der Waals surface area (Å²) in [6, 6.07) is 2.16. The molecule has 1 atom stereocenters. The fraction of sp³-hybridized carbons (Fsp3) is 0.727. The number of aromatic nitrogens is 2. The van der Waals surface area contributed by atoms with Crippen molar-refractivity contribution in [2.45, 2.75) is 39.0 Å². The van der Waals surface area contributed by atoms with Crippen LogP contribution < -0.4 is 0 Å². The van der Waals surface area contributed by atoms with Gasteiger partial charge in [-0.25, -0.2) is 0 Å². The van der Waals surface area contributed by atoms with Gasteiger partial charge in [-0.15, -0.1) is 0 Å². The smallest absolute Gasteiger partial charge is 0.0492 e. The molecule has 0 N–H and O–H groups in total. The van der Waals surface area contributed by atoms with E-state index in [9.17, 15) is 0 Å². The Labute approximate surface area is 80.0 Å². The lowest BCUT2D eigenvalue weighted by molar-refractivity contribution is 0.374. The van der Waals surface area contributed by atoms with Crippen LogP contribution in [0.1, 0.15) is 44.7 Å². The largest absolute Gasteiger partial charge is 0.272 e. The van der Waals surface area contributed by atoms with Gasteiger partial charge in [-0.2, -0.15) is 5.10 Å². The van der Waals surface area contributed by atoms with E-state index in [1.807, 2.05) is 17.9 Å². The van der Waals surface area contributed by atoms with Crippen LogP contribution in [0, 0.1) is 5.41 Å². The summed E-state index contributed by atoms with van der Waals surface area (Å²) in [5.74, 6) is 0.738. The summed E-state index contributed by atoms with van der Waals surface area (Å²) in [5, 5.41) is 4.23. The molecule has 1 saturated carbocycles. The summed E-state index contributed by atoms with van der Waals surface area (Å²) in [5.41, 5.74) is 1.94. The Balaban J connectivity index is 2.17. The molecule has 0 spiro atoms. The van der Waals surface area contributed by atoms with Crippen LogP contribution in [0.2, 0.25) is 0 Å². The zero-order valence-electron chi connectivity index (χ0n) is 8.75. The van der Waals surface area contributed by atoms with Gasteiger partial charge >= 0.3 is 0 Å². The number of aryl methyl sites for hydroxylation is 1. The van der Waals surface area contributed by atoms with Crippen molar-refractivity contribution in [2.75, 3.05) is 0 Å². The highest BCUT2D eigenvalue weighted by molar-refractivity contribution is 5.10. The highest BCUT2D eigenvalue weighted by Gasteiger charge is 2.32. The van der Waals surface area contributed by atoms with Crippen LogP contribution in [0.3, 0.4) is 0 Å². The average molecular weight is 178 g/mol. The van der Waals surface area contributed by atoms with Crippen molar-refractivity contribution in [1.82, 2.24) is 9.78 Å². The quantitative estimate of drug-likeness (QED) is 0.646. The van der Waals surface area contributed by atoms with Crippen molar-refractivity contribution in [2.24, 2.45) is 12.5 Å². The van der Waals surface area contributed by atoms with E-state index in [0.717, 1.165) is 5.92 Å². The minimum absolute atomic E-state index is 0.537. The first-order chi connectivity index (χ1) is 6.08. The molecule has 2 heteroatoms. The Morgan fingerprint density at radius 2 is 2.31 bits per heavy atom. The predicted octanol–water partition coefficient (Wildman–Crippen LogP) is 2.71. The van der Waals surface area contributed by atoms with Gasteiger partial charge in [0.15, 0.2) is 0 Å². The van der Waals surface area contributed by atoms with Crippen molar-refractivity contribution in [3.05, 3.63) is 18.0 Å². The minimum atomic E-state index is 0.537. The molecular formula is C11H18N2. The Kier molecular flexibility index (Phi) is 1.94. The lowest BCUT2D eigenvalue weighted by atomic mass is 9.90. The summed E-state index contributed by atoms with van der Waals surface area (Å²) in [6.07, 6.45) is 5.89. The van der Waals surface area contributed by atoms with Gasteiger partial charge < -0.3 is 0 Å². The summed E-state index contributed by atoms with van der Waals surface area (Å²) >= 11 is 0. The molecule has 1 heterocycles. The molecule has 1 aromatic rings. The predicted molar refractivity (Wildman–Crippen MR) is 53.6 cm³/mol. The normalized spacial score (nSPS) is 26.5. The van der Waals surface area contributed by atoms with Crippen LogP contribution >= 0.6 is 0 Å². The zero-order valence-corrected chi connectivity index (χ0v) is 8.75. The molecule has 1 fully saturated rings. The Bertz CT molecular complexity index is 299. The van der Waals surface area contributed by atoms with E-state index in [4.69, 9.17) is 0 Å². The highest BCUT2D eigenvalue weighted by atomic mass is 15.3. The second kappa shape index (κ2) is 2.86. The average Bonchev–Trinajstić information content (AvgIpc) is 2.56. The molecule has 0 bridgehead atoms. The van der Waals surface area contributed by atoms with Gasteiger partial charge in [0.05, 0.1) is 0 Å². The highest BCUT2D eigenvalue weighted by Crippen LogP contribution is 2.45. The maximum absolute atomic E-state index is 4.23. The van der Waals surface area contributed by atoms with E-state index >= 15 is 0 Å². The SMILES string of the molecule is Cn1nccc1C1CCC(C)(C)C1. The first-order valence-corrected chi connectivity index (χ1v) is 5.06. The molecule has 1 aliphatic rings. The molecule has 1 aromatic heterocycles. The molecule has 0 aromatic carbocycles. The first kappa shape index (κ1) is 8.79. The lowest BCUT2D eigenvalue weighted by Gasteiger charge is -2.17. The van der Waals surface area contributed by atoms with Crippen LogP contribution in [0.4, 0.5) is 0 Å². The molecule has 0 amide bonds. The molecule has 0 radical (unpaired) electrons. The van der Waals surface area contributed by atoms with Gasteiger partial charge in [-0.1, -0.05) is 13.8 Å². The number of nitrogens with zero attached hydrogens (tertiary/aromatic N) is 2. The molecule has 72 valence electrons. The maximum atomic E-state index is 4.23. The van der Waals surface area contributed by atoms with Crippen LogP contribution in [-0.2, 0) is 7.05 Å². The van der Waals surface area contributed by atoms with Crippen LogP contribution in [0.25, 0.3) is 0 Å². The maximum Gasteiger partial charge on any atom is 0.0492 e. The second-order valence-corrected chi connectivity index (χ2v) is 4.98. The Morgan fingerprint density at radius 3 is 2.77 bits per heavy atom. The summed E-state index contributed by atoms with van der Waals surface area (Å²) in [6.45, 7) is 4.73. The monoisotopic (exact) mass is 178 g/mol. The fourth-order valence-corrected chi connectivity index (χ4v) is 2.47. The summed E-state index contributed by atoms with van der Waals surface area (Å²) < 4.78 is 2.02. The van der Waals surface area contributed by atoms with Crippen molar-refractivity contribution >= 4 is 0 Å². The van der Waals surface area contributed by atoms with Crippen LogP contribution in [-0.4, -0.2) is 9.78 Å². The lowest BCUT2D eigenvalue weighted by Crippen LogP contribution is -2.07. The van der Waals surface area contributed by atoms with E-state index < -0.39 is 0 Å². The van der Waals surface area contributed by atoms with Gasteiger partial charge in [0.2, 0.25) is 0 Å². The third-order valence-corrected chi connectivity index (χ3v) is 3.25. The van der Waals surface area contributed by atoms with Gasteiger partial charge in [0.25, 0.3) is 0 Å². The van der Waals surface area contributed by atoms with Crippen molar-refractivity contribution in [3.8, 4) is 0 Å². The van der Waals surface area contributed by atoms with E-state index in [0.29, 0.717) is 5.41 Å². The number of hydrogen-bond acceptors (Lipinski definition) is 1. The van der Waals surface area contributed by atoms with Crippen molar-refractivity contribution in [3.63, 3.8) is 0 Å². The molecule has 2 nitrogen and oxygen atoms in total. The molecule has 1 aliphatic carbocycles. The molecular weight excluding hydrogens is 160 g/mol. The molecule has 1 unspecified atom stereocenters. The van der Waals surface area contributed by atoms with Crippen LogP contribution in [0.15, 0.2) is 12.3 Å². The van der Waals surface area contributed by atoms with Gasteiger partial charge in [0.1, 0.15) is 0 Å². The van der Waals surface area contributed by atoms with E-state index in [-0.39, 0.29) is 0 Å². The fourth-order valence-electron chi connectivity index (χ4n) is 2.47. The Morgan fingerprint density at radius 1 is 1.54 bits per heavy atom. The minimum Gasteiger partial charge on any atom is -0.272 e. The molecule has 2 rings (SSSR count). The summed E-state index contributed by atoms with van der Waals surface area (Å²) in [4.78, 5) is 0. The zero-order chi connectivity index (χ0) is 9.47. The van der Waals surface area contributed by atoms with Crippen molar-refractivity contribution in [1.29, 1.82) is 0 Å². The van der Waals surface area contributed by atoms with Gasteiger partial charge in [-0.3, -0.25) is 4.68 Å². The standard InChI is InChI=1S/C11H18N2/c1-11(2)6-4-9(8-11)10-5-7-12-13(10)3/h5,7,9H,4,6,8H2,1-3H3. The second-order valence-electron chi connectivity index (χ2n) is 4.98. The first-order valence-electron chi connectivity index (χ1n) is 5.06. The van der Waals surface area contributed by atoms with Crippen LogP contribution in [0.5, 0.6) is 0 Å². The van der Waals surface area contributed by atoms with Crippen molar-refractivity contribution < 1.29 is 0 Å². The third-order valence-electron chi connectivity index (χ3n) is 3.25. The van der Waals surface area contributed by atoms with E-state index in [1.165, 1.54) is 25.0 Å². The molecule has 0 saturated heterocycles.